The van der Waals surface area contributed by atoms with Gasteiger partial charge in [0.15, 0.2) is 0 Å². The number of likely N-dealkylation sites (tertiary alicyclic amines) is 3. The van der Waals surface area contributed by atoms with Crippen molar-refractivity contribution in [3.8, 4) is 5.75 Å². The Morgan fingerprint density at radius 3 is 2.24 bits per heavy atom. The molecule has 3 heterocycles. The van der Waals surface area contributed by atoms with Gasteiger partial charge in [-0.3, -0.25) is 9.59 Å². The lowest BCUT2D eigenvalue weighted by molar-refractivity contribution is -0.142. The van der Waals surface area contributed by atoms with E-state index in [0.717, 1.165) is 25.9 Å². The molecule has 0 aromatic heterocycles. The van der Waals surface area contributed by atoms with Crippen LogP contribution in [-0.4, -0.2) is 77.9 Å². The lowest BCUT2D eigenvalue weighted by Crippen LogP contribution is -2.52. The minimum atomic E-state index is -3.01. The molecule has 1 aromatic carbocycles. The van der Waals surface area contributed by atoms with E-state index in [0.29, 0.717) is 45.3 Å². The quantitative estimate of drug-likeness (QED) is 0.702. The SMILES string of the molecule is O=C(C1CCN(C(=O)[C@@H]2CCCN2C(=O)Nc2ccccc2OC(F)F)CC1)N1CCCCC1. The van der Waals surface area contributed by atoms with Crippen molar-refractivity contribution in [3.05, 3.63) is 24.3 Å². The van der Waals surface area contributed by atoms with Gasteiger partial charge < -0.3 is 24.8 Å². The van der Waals surface area contributed by atoms with Gasteiger partial charge in [-0.15, -0.1) is 0 Å². The molecule has 10 heteroatoms. The van der Waals surface area contributed by atoms with Crippen molar-refractivity contribution in [1.82, 2.24) is 14.7 Å². The first-order valence-electron chi connectivity index (χ1n) is 12.1. The Balaban J connectivity index is 1.33. The molecule has 186 valence electrons. The van der Waals surface area contributed by atoms with E-state index in [4.69, 9.17) is 0 Å². The molecule has 4 amide bonds. The van der Waals surface area contributed by atoms with E-state index in [1.54, 1.807) is 11.0 Å². The Hall–Kier alpha value is -2.91. The molecule has 3 aliphatic rings. The summed E-state index contributed by atoms with van der Waals surface area (Å²) in [5.74, 6) is -0.0863. The summed E-state index contributed by atoms with van der Waals surface area (Å²) in [6, 6.07) is 4.86. The molecule has 8 nitrogen and oxygen atoms in total. The number of nitrogens with one attached hydrogen (secondary N) is 1. The second-order valence-corrected chi connectivity index (χ2v) is 9.14. The number of hydrogen-bond acceptors (Lipinski definition) is 4. The van der Waals surface area contributed by atoms with Crippen LogP contribution in [0.25, 0.3) is 0 Å². The van der Waals surface area contributed by atoms with Gasteiger partial charge in [-0.25, -0.2) is 4.79 Å². The van der Waals surface area contributed by atoms with Crippen LogP contribution in [-0.2, 0) is 9.59 Å². The van der Waals surface area contributed by atoms with Crippen molar-refractivity contribution in [1.29, 1.82) is 0 Å². The highest BCUT2D eigenvalue weighted by Crippen LogP contribution is 2.29. The van der Waals surface area contributed by atoms with Crippen LogP contribution in [0.2, 0.25) is 0 Å². The minimum Gasteiger partial charge on any atom is -0.433 e. The number of hydrogen-bond donors (Lipinski definition) is 1. The summed E-state index contributed by atoms with van der Waals surface area (Å²) in [5.41, 5.74) is 0.128. The summed E-state index contributed by atoms with van der Waals surface area (Å²) in [7, 11) is 0. The monoisotopic (exact) mass is 478 g/mol. The summed E-state index contributed by atoms with van der Waals surface area (Å²) in [4.78, 5) is 44.1. The number of carbonyl (C=O) groups excluding carboxylic acids is 3. The van der Waals surface area contributed by atoms with Crippen LogP contribution in [0.1, 0.15) is 44.9 Å². The van der Waals surface area contributed by atoms with Gasteiger partial charge in [0.1, 0.15) is 11.8 Å². The number of ether oxygens (including phenoxy) is 1. The highest BCUT2D eigenvalue weighted by Gasteiger charge is 2.39. The molecule has 34 heavy (non-hydrogen) atoms. The average Bonchev–Trinajstić information content (AvgIpc) is 3.35. The topological polar surface area (TPSA) is 82.2 Å². The summed E-state index contributed by atoms with van der Waals surface area (Å²) in [6.07, 6.45) is 5.80. The van der Waals surface area contributed by atoms with Crippen LogP contribution >= 0.6 is 0 Å². The van der Waals surface area contributed by atoms with Crippen LogP contribution < -0.4 is 10.1 Å². The van der Waals surface area contributed by atoms with E-state index in [-0.39, 0.29) is 29.2 Å². The molecule has 1 N–H and O–H groups in total. The fourth-order valence-corrected chi connectivity index (χ4v) is 5.15. The normalized spacial score (nSPS) is 21.6. The van der Waals surface area contributed by atoms with Crippen molar-refractivity contribution >= 4 is 23.5 Å². The number of nitrogens with zero attached hydrogens (tertiary/aromatic N) is 3. The van der Waals surface area contributed by atoms with Crippen LogP contribution in [0.3, 0.4) is 0 Å². The third-order valence-electron chi connectivity index (χ3n) is 6.97. The van der Waals surface area contributed by atoms with Gasteiger partial charge in [0, 0.05) is 38.6 Å². The Morgan fingerprint density at radius 2 is 1.53 bits per heavy atom. The van der Waals surface area contributed by atoms with E-state index in [2.05, 4.69) is 10.1 Å². The first kappa shape index (κ1) is 24.2. The summed E-state index contributed by atoms with van der Waals surface area (Å²) in [5, 5.41) is 2.61. The molecule has 4 rings (SSSR count). The zero-order chi connectivity index (χ0) is 24.1. The zero-order valence-electron chi connectivity index (χ0n) is 19.3. The van der Waals surface area contributed by atoms with Crippen molar-refractivity contribution in [2.45, 2.75) is 57.6 Å². The molecule has 0 aliphatic carbocycles. The number of piperidine rings is 2. The number of benzene rings is 1. The van der Waals surface area contributed by atoms with Gasteiger partial charge in [-0.2, -0.15) is 8.78 Å². The summed E-state index contributed by atoms with van der Waals surface area (Å²) >= 11 is 0. The molecule has 0 radical (unpaired) electrons. The highest BCUT2D eigenvalue weighted by molar-refractivity contribution is 5.95. The van der Waals surface area contributed by atoms with E-state index in [9.17, 15) is 23.2 Å². The molecule has 3 saturated heterocycles. The molecule has 1 aromatic rings. The number of para-hydroxylation sites is 2. The number of alkyl halides is 2. The third kappa shape index (κ3) is 5.59. The van der Waals surface area contributed by atoms with E-state index < -0.39 is 18.7 Å². The Bertz CT molecular complexity index is 885. The number of urea groups is 1. The molecule has 3 aliphatic heterocycles. The van der Waals surface area contributed by atoms with Crippen molar-refractivity contribution in [2.24, 2.45) is 5.92 Å². The van der Waals surface area contributed by atoms with Crippen LogP contribution in [0.5, 0.6) is 5.75 Å². The van der Waals surface area contributed by atoms with Crippen LogP contribution in [0, 0.1) is 5.92 Å². The Labute approximate surface area is 198 Å². The molecule has 0 spiro atoms. The van der Waals surface area contributed by atoms with Gasteiger partial charge in [0.2, 0.25) is 11.8 Å². The van der Waals surface area contributed by atoms with Crippen molar-refractivity contribution < 1.29 is 27.9 Å². The lowest BCUT2D eigenvalue weighted by Gasteiger charge is -2.37. The number of anilines is 1. The maximum absolute atomic E-state index is 13.2. The number of halogens is 2. The third-order valence-corrected chi connectivity index (χ3v) is 6.97. The maximum atomic E-state index is 13.2. The fraction of sp³-hybridized carbons (Fsp3) is 0.625. The average molecular weight is 479 g/mol. The summed E-state index contributed by atoms with van der Waals surface area (Å²) < 4.78 is 29.8. The number of amides is 4. The molecular formula is C24H32F2N4O4. The van der Waals surface area contributed by atoms with E-state index >= 15 is 0 Å². The molecule has 0 bridgehead atoms. The maximum Gasteiger partial charge on any atom is 0.387 e. The number of rotatable bonds is 5. The highest BCUT2D eigenvalue weighted by atomic mass is 19.3. The zero-order valence-corrected chi connectivity index (χ0v) is 19.3. The molecule has 0 saturated carbocycles. The molecule has 0 unspecified atom stereocenters. The minimum absolute atomic E-state index is 0.0449. The first-order valence-corrected chi connectivity index (χ1v) is 12.1. The van der Waals surface area contributed by atoms with Crippen LogP contribution in [0.15, 0.2) is 24.3 Å². The molecular weight excluding hydrogens is 446 g/mol. The van der Waals surface area contributed by atoms with Crippen molar-refractivity contribution in [2.75, 3.05) is 38.0 Å². The second-order valence-electron chi connectivity index (χ2n) is 9.14. The Kier molecular flexibility index (Phi) is 7.84. The van der Waals surface area contributed by atoms with Gasteiger partial charge in [-0.05, 0) is 57.1 Å². The molecule has 3 fully saturated rings. The fourth-order valence-electron chi connectivity index (χ4n) is 5.15. The second kappa shape index (κ2) is 11.0. The smallest absolute Gasteiger partial charge is 0.387 e. The van der Waals surface area contributed by atoms with Crippen LogP contribution in [0.4, 0.5) is 19.3 Å². The first-order chi connectivity index (χ1) is 16.4. The van der Waals surface area contributed by atoms with Gasteiger partial charge in [0.05, 0.1) is 5.69 Å². The molecule has 1 atom stereocenters. The largest absolute Gasteiger partial charge is 0.433 e. The van der Waals surface area contributed by atoms with E-state index in [1.165, 1.54) is 29.5 Å². The van der Waals surface area contributed by atoms with Gasteiger partial charge >= 0.3 is 12.6 Å². The van der Waals surface area contributed by atoms with Crippen molar-refractivity contribution in [3.63, 3.8) is 0 Å². The lowest BCUT2D eigenvalue weighted by atomic mass is 9.94. The predicted molar refractivity (Wildman–Crippen MR) is 122 cm³/mol. The summed E-state index contributed by atoms with van der Waals surface area (Å²) in [6.45, 7) is 0.0546. The van der Waals surface area contributed by atoms with E-state index in [1.807, 2.05) is 4.90 Å². The standard InChI is InChI=1S/C24H32F2N4O4/c25-23(26)34-20-9-3-2-7-18(20)27-24(33)30-14-6-8-19(30)22(32)29-15-10-17(11-16-29)21(31)28-12-4-1-5-13-28/h2-3,7,9,17,19,23H,1,4-6,8,10-16H2,(H,27,33)/t19-/m0/s1. The van der Waals surface area contributed by atoms with Gasteiger partial charge in [0.25, 0.3) is 0 Å². The predicted octanol–water partition coefficient (Wildman–Crippen LogP) is 3.54. The Morgan fingerprint density at radius 1 is 0.853 bits per heavy atom. The number of carbonyl (C=O) groups is 3. The van der Waals surface area contributed by atoms with Gasteiger partial charge in [-0.1, -0.05) is 12.1 Å².